The highest BCUT2D eigenvalue weighted by Crippen LogP contribution is 2.43. The summed E-state index contributed by atoms with van der Waals surface area (Å²) in [7, 11) is 0. The van der Waals surface area contributed by atoms with Gasteiger partial charge in [0.2, 0.25) is 11.8 Å². The second kappa shape index (κ2) is 10.6. The maximum atomic E-state index is 13.7. The third-order valence-electron chi connectivity index (χ3n) is 5.54. The summed E-state index contributed by atoms with van der Waals surface area (Å²) in [6.07, 6.45) is 2.96. The zero-order chi connectivity index (χ0) is 25.8. The van der Waals surface area contributed by atoms with Gasteiger partial charge in [0, 0.05) is 18.7 Å². The number of hydrogen-bond acceptors (Lipinski definition) is 6. The molecule has 5 rings (SSSR count). The van der Waals surface area contributed by atoms with Crippen LogP contribution in [0.15, 0.2) is 95.9 Å². The summed E-state index contributed by atoms with van der Waals surface area (Å²) in [6.45, 7) is 1.75. The highest BCUT2D eigenvalue weighted by molar-refractivity contribution is 6.34. The van der Waals surface area contributed by atoms with Gasteiger partial charge in [0.15, 0.2) is 0 Å². The van der Waals surface area contributed by atoms with Crippen LogP contribution < -0.4 is 9.64 Å². The number of rotatable bonds is 7. The van der Waals surface area contributed by atoms with Crippen molar-refractivity contribution in [1.82, 2.24) is 15.1 Å². The first-order valence-electron chi connectivity index (χ1n) is 11.3. The molecule has 0 spiro atoms. The molecule has 0 saturated heterocycles. The normalized spacial score (nSPS) is 10.8. The van der Waals surface area contributed by atoms with Gasteiger partial charge < -0.3 is 9.26 Å². The monoisotopic (exact) mass is 514 g/mol. The predicted octanol–water partition coefficient (Wildman–Crippen LogP) is 6.85. The molecule has 0 aliphatic heterocycles. The van der Waals surface area contributed by atoms with Crippen LogP contribution in [0.4, 0.5) is 16.0 Å². The van der Waals surface area contributed by atoms with Gasteiger partial charge in [-0.1, -0.05) is 59.2 Å². The van der Waals surface area contributed by atoms with Crippen molar-refractivity contribution >= 4 is 29.1 Å². The van der Waals surface area contributed by atoms with Crippen LogP contribution in [0.5, 0.6) is 5.75 Å². The quantitative estimate of drug-likeness (QED) is 0.236. The van der Waals surface area contributed by atoms with Gasteiger partial charge in [0.05, 0.1) is 22.0 Å². The maximum Gasteiger partial charge on any atom is 0.248 e. The lowest BCUT2D eigenvalue weighted by atomic mass is 10.0. The Morgan fingerprint density at radius 2 is 1.89 bits per heavy atom. The average molecular weight is 515 g/mol. The molecular formula is C28H20ClFN4O3. The largest absolute Gasteiger partial charge is 0.489 e. The number of nitrogens with zero attached hydrogens (tertiary/aromatic N) is 4. The van der Waals surface area contributed by atoms with Crippen LogP contribution in [0.25, 0.3) is 22.5 Å². The molecule has 9 heteroatoms. The molecule has 0 atom stereocenters. The number of ether oxygens (including phenoxy) is 1. The minimum absolute atomic E-state index is 0.0399. The third kappa shape index (κ3) is 5.19. The number of anilines is 2. The number of halogens is 2. The molecule has 37 heavy (non-hydrogen) atoms. The van der Waals surface area contributed by atoms with E-state index in [4.69, 9.17) is 20.9 Å². The van der Waals surface area contributed by atoms with Crippen LogP contribution in [-0.4, -0.2) is 21.0 Å². The Labute approximate surface area is 217 Å². The Morgan fingerprint density at radius 1 is 1.05 bits per heavy atom. The van der Waals surface area contributed by atoms with Crippen LogP contribution in [0.3, 0.4) is 0 Å². The fourth-order valence-electron chi connectivity index (χ4n) is 3.86. The summed E-state index contributed by atoms with van der Waals surface area (Å²) in [5.41, 5.74) is 3.31. The molecule has 0 fully saturated rings. The second-order valence-corrected chi connectivity index (χ2v) is 8.47. The molecular weight excluding hydrogens is 495 g/mol. The van der Waals surface area contributed by atoms with Crippen molar-refractivity contribution in [2.75, 3.05) is 4.90 Å². The fraction of sp³-hybridized carbons (Fsp3) is 0.0714. The van der Waals surface area contributed by atoms with E-state index in [2.05, 4.69) is 15.1 Å². The van der Waals surface area contributed by atoms with Gasteiger partial charge in [-0.05, 0) is 42.0 Å². The number of carbonyl (C=O) groups is 1. The van der Waals surface area contributed by atoms with Crippen LogP contribution >= 0.6 is 11.6 Å². The fourth-order valence-corrected chi connectivity index (χ4v) is 4.11. The molecule has 0 unspecified atom stereocenters. The summed E-state index contributed by atoms with van der Waals surface area (Å²) in [5.74, 6) is -0.222. The zero-order valence-electron chi connectivity index (χ0n) is 19.6. The molecule has 3 aromatic carbocycles. The second-order valence-electron chi connectivity index (χ2n) is 8.06. The SMILES string of the molecule is CC(=O)N(c1ccc(F)cc1Cl)c1onc(-c2cccc(OCc3ccccc3)c2)c1-c1ccncn1. The van der Waals surface area contributed by atoms with Crippen molar-refractivity contribution in [3.8, 4) is 28.3 Å². The molecule has 5 aromatic rings. The Hall–Kier alpha value is -4.56. The molecule has 0 aliphatic carbocycles. The summed E-state index contributed by atoms with van der Waals surface area (Å²) in [6, 6.07) is 22.6. The minimum Gasteiger partial charge on any atom is -0.489 e. The van der Waals surface area contributed by atoms with E-state index in [0.29, 0.717) is 34.9 Å². The van der Waals surface area contributed by atoms with Crippen molar-refractivity contribution in [2.45, 2.75) is 13.5 Å². The van der Waals surface area contributed by atoms with E-state index < -0.39 is 11.7 Å². The van der Waals surface area contributed by atoms with Gasteiger partial charge in [-0.3, -0.25) is 4.79 Å². The lowest BCUT2D eigenvalue weighted by Crippen LogP contribution is -2.23. The molecule has 2 aromatic heterocycles. The Kier molecular flexibility index (Phi) is 6.91. The topological polar surface area (TPSA) is 81.4 Å². The third-order valence-corrected chi connectivity index (χ3v) is 5.84. The van der Waals surface area contributed by atoms with Gasteiger partial charge >= 0.3 is 0 Å². The summed E-state index contributed by atoms with van der Waals surface area (Å²) in [4.78, 5) is 22.4. The highest BCUT2D eigenvalue weighted by atomic mass is 35.5. The molecule has 1 amide bonds. The van der Waals surface area contributed by atoms with Crippen molar-refractivity contribution in [1.29, 1.82) is 0 Å². The van der Waals surface area contributed by atoms with E-state index in [1.807, 2.05) is 54.6 Å². The lowest BCUT2D eigenvalue weighted by Gasteiger charge is -2.20. The molecule has 184 valence electrons. The maximum absolute atomic E-state index is 13.7. The van der Waals surface area contributed by atoms with Gasteiger partial charge in [-0.25, -0.2) is 19.3 Å². The molecule has 0 aliphatic rings. The standard InChI is InChI=1S/C28H20ClFN4O3/c1-18(35)34(25-11-10-21(30)15-23(25)29)28-26(24-12-13-31-17-32-24)27(33-37-28)20-8-5-9-22(14-20)36-16-19-6-3-2-4-7-19/h2-15,17H,16H2,1H3. The predicted molar refractivity (Wildman–Crippen MR) is 138 cm³/mol. The first-order chi connectivity index (χ1) is 18.0. The highest BCUT2D eigenvalue weighted by Gasteiger charge is 2.29. The number of hydrogen-bond donors (Lipinski definition) is 0. The molecule has 7 nitrogen and oxygen atoms in total. The van der Waals surface area contributed by atoms with Crippen molar-refractivity contribution in [2.24, 2.45) is 0 Å². The van der Waals surface area contributed by atoms with Gasteiger partial charge in [-0.2, -0.15) is 0 Å². The number of benzene rings is 3. The van der Waals surface area contributed by atoms with Crippen LogP contribution in [0, 0.1) is 5.82 Å². The van der Waals surface area contributed by atoms with E-state index >= 15 is 0 Å². The van der Waals surface area contributed by atoms with Crippen molar-refractivity contribution < 1.29 is 18.4 Å². The number of amides is 1. The lowest BCUT2D eigenvalue weighted by molar-refractivity contribution is -0.116. The first kappa shape index (κ1) is 24.1. The van der Waals surface area contributed by atoms with Crippen LogP contribution in [0.1, 0.15) is 12.5 Å². The average Bonchev–Trinajstić information content (AvgIpc) is 3.35. The van der Waals surface area contributed by atoms with Crippen molar-refractivity contribution in [3.05, 3.63) is 108 Å². The van der Waals surface area contributed by atoms with Crippen LogP contribution in [-0.2, 0) is 11.4 Å². The minimum atomic E-state index is -0.529. The molecule has 0 radical (unpaired) electrons. The Morgan fingerprint density at radius 3 is 2.62 bits per heavy atom. The number of carbonyl (C=O) groups excluding carboxylic acids is 1. The van der Waals surface area contributed by atoms with E-state index in [1.165, 1.54) is 30.3 Å². The van der Waals surface area contributed by atoms with Gasteiger partial charge in [0.1, 0.15) is 30.2 Å². The van der Waals surface area contributed by atoms with E-state index in [1.54, 1.807) is 12.3 Å². The van der Waals surface area contributed by atoms with Gasteiger partial charge in [-0.15, -0.1) is 0 Å². The summed E-state index contributed by atoms with van der Waals surface area (Å²) >= 11 is 6.31. The number of aromatic nitrogens is 3. The molecule has 0 saturated carbocycles. The van der Waals surface area contributed by atoms with E-state index in [9.17, 15) is 9.18 Å². The molecule has 0 N–H and O–H groups in total. The Bertz CT molecular complexity index is 1540. The van der Waals surface area contributed by atoms with Crippen molar-refractivity contribution in [3.63, 3.8) is 0 Å². The molecule has 0 bridgehead atoms. The summed E-state index contributed by atoms with van der Waals surface area (Å²) in [5, 5.41) is 4.34. The first-order valence-corrected chi connectivity index (χ1v) is 11.7. The van der Waals surface area contributed by atoms with E-state index in [0.717, 1.165) is 11.6 Å². The smallest absolute Gasteiger partial charge is 0.248 e. The van der Waals surface area contributed by atoms with Crippen LogP contribution in [0.2, 0.25) is 5.02 Å². The molecule has 2 heterocycles. The Balaban J connectivity index is 1.60. The summed E-state index contributed by atoms with van der Waals surface area (Å²) < 4.78 is 25.5. The van der Waals surface area contributed by atoms with E-state index in [-0.39, 0.29) is 16.6 Å². The zero-order valence-corrected chi connectivity index (χ0v) is 20.4. The van der Waals surface area contributed by atoms with Gasteiger partial charge in [0.25, 0.3) is 0 Å².